The number of nitrogens with one attached hydrogen (secondary N) is 3. The molecule has 8 aromatic heterocycles. The predicted molar refractivity (Wildman–Crippen MR) is 530 cm³/mol. The number of thiophene rings is 6. The van der Waals surface area contributed by atoms with E-state index in [0.29, 0.717) is 62.3 Å². The number of amides is 3. The van der Waals surface area contributed by atoms with Crippen LogP contribution in [0.1, 0.15) is 178 Å². The van der Waals surface area contributed by atoms with Crippen LogP contribution >= 0.6 is 96.8 Å². The number of Topliss-reactive ketones (excluding diaryl/α,β-unsaturated/α-hetero) is 1. The molecule has 36 heteroatoms. The fourth-order valence-corrected chi connectivity index (χ4v) is 15.7. The number of alkyl halides is 3. The first-order valence-corrected chi connectivity index (χ1v) is 46.9. The summed E-state index contributed by atoms with van der Waals surface area (Å²) in [4.78, 5) is 79.3. The number of thiol groups is 1. The van der Waals surface area contributed by atoms with Crippen molar-refractivity contribution in [3.63, 3.8) is 0 Å². The Morgan fingerprint density at radius 2 is 0.854 bits per heavy atom. The zero-order valence-corrected chi connectivity index (χ0v) is 84.1. The van der Waals surface area contributed by atoms with E-state index in [1.165, 1.54) is 65.2 Å². The summed E-state index contributed by atoms with van der Waals surface area (Å²) in [6.07, 6.45) is -5.16. The molecule has 0 saturated heterocycles. The Bertz CT molecular complexity index is 5380. The molecule has 0 saturated carbocycles. The van der Waals surface area contributed by atoms with E-state index in [9.17, 15) is 41.9 Å². The normalized spacial score (nSPS) is 10.9. The summed E-state index contributed by atoms with van der Waals surface area (Å²) in [5, 5.41) is 33.9. The minimum atomic E-state index is -4.71. The molecule has 0 aliphatic heterocycles. The van der Waals surface area contributed by atoms with Gasteiger partial charge in [-0.1, -0.05) is 102 Å². The Hall–Kier alpha value is -9.82. The van der Waals surface area contributed by atoms with Crippen LogP contribution in [0.2, 0.25) is 0 Å². The number of hydrogen-bond donors (Lipinski definition) is 8. The van der Waals surface area contributed by atoms with E-state index in [-0.39, 0.29) is 29.8 Å². The molecule has 12 aromatic rings. The number of alkyl carbamates (subject to hydrolysis) is 3. The van der Waals surface area contributed by atoms with Gasteiger partial charge in [0.15, 0.2) is 5.78 Å². The number of hydrogen-bond acceptors (Lipinski definition) is 26. The zero-order chi connectivity index (χ0) is 97.3. The molecular formula is C94H117B2BrF3N8O15S7. The van der Waals surface area contributed by atoms with Crippen LogP contribution in [0, 0.1) is 34.6 Å². The molecule has 12 rings (SSSR count). The first kappa shape index (κ1) is 113. The fourth-order valence-electron chi connectivity index (χ4n) is 10.2. The number of carbonyl (C=O) groups excluding carboxylic acids is 6. The number of aromatic nitrogens is 2. The summed E-state index contributed by atoms with van der Waals surface area (Å²) >= 11 is 16.4. The number of nitrogens with zero attached hydrogens (tertiary/aromatic N) is 3. The van der Waals surface area contributed by atoms with Crippen LogP contribution in [-0.4, -0.2) is 105 Å². The van der Waals surface area contributed by atoms with Gasteiger partial charge in [0.05, 0.1) is 40.2 Å². The van der Waals surface area contributed by atoms with Gasteiger partial charge in [0.25, 0.3) is 0 Å². The summed E-state index contributed by atoms with van der Waals surface area (Å²) in [7, 11) is 2.99. The molecule has 0 fully saturated rings. The molecule has 0 bridgehead atoms. The van der Waals surface area contributed by atoms with E-state index in [2.05, 4.69) is 152 Å². The molecule has 0 aliphatic rings. The fraction of sp³-hybridized carbons (Fsp3) is 0.351. The van der Waals surface area contributed by atoms with Crippen molar-refractivity contribution in [3.8, 4) is 37.1 Å². The van der Waals surface area contributed by atoms with Crippen LogP contribution in [0.15, 0.2) is 207 Å². The molecule has 0 unspecified atom stereocenters. The van der Waals surface area contributed by atoms with Gasteiger partial charge in [-0.3, -0.25) is 4.79 Å². The number of nitrogens with two attached hydrogens (primary N) is 2. The summed E-state index contributed by atoms with van der Waals surface area (Å²) in [6, 6.07) is 57.9. The zero-order valence-electron chi connectivity index (χ0n) is 76.8. The molecule has 3 amide bonds. The molecule has 9 N–H and O–H groups in total. The third kappa shape index (κ3) is 48.4. The molecule has 0 aliphatic carbocycles. The van der Waals surface area contributed by atoms with Gasteiger partial charge in [0.2, 0.25) is 0 Å². The van der Waals surface area contributed by atoms with Crippen LogP contribution in [0.3, 0.4) is 0 Å². The van der Waals surface area contributed by atoms with E-state index in [4.69, 9.17) is 45.2 Å². The summed E-state index contributed by atoms with van der Waals surface area (Å²) < 4.78 is 75.5. The first-order chi connectivity index (χ1) is 60.7. The predicted octanol–water partition coefficient (Wildman–Crippen LogP) is 24.6. The Morgan fingerprint density at radius 3 is 1.22 bits per heavy atom. The SMILES string of the molecule is CC(C)(C)OC(=O)NCc1ccc(Br)s1.CC(C)(C)OC(=O)NCc1cccs1.CC(C)(C)OC(=O)OC(=O)OC(C)(C)C.Cc1ccc(-c2ccc(CN)s2)cc1.Cc1ccc(-c2ccc(CNC(=O)OC(C)(C)C)s2)cc1.Cc1ccc(B(O)O)cc1.Cc1ccn2nc(C)c(C(=O)CCc3ccc(-c4ccc(OC(F)(F)F)cc4)s3)c2c1.NCc1cccs1.[B]=NS. The molecule has 4 aromatic carbocycles. The number of carbonyl (C=O) groups is 6. The average Bonchev–Trinajstić information content (AvgIpc) is 1.64. The molecular weight excluding hydrogens is 1860 g/mol. The number of halogens is 4. The van der Waals surface area contributed by atoms with Gasteiger partial charge < -0.3 is 70.6 Å². The second kappa shape index (κ2) is 54.9. The molecule has 0 spiro atoms. The monoisotopic (exact) mass is 1980 g/mol. The van der Waals surface area contributed by atoms with Crippen molar-refractivity contribution in [1.29, 1.82) is 0 Å². The Kier molecular flexibility index (Phi) is 47.5. The Labute approximate surface area is 800 Å². The second-order valence-electron chi connectivity index (χ2n) is 33.3. The van der Waals surface area contributed by atoms with E-state index >= 15 is 0 Å². The van der Waals surface area contributed by atoms with Crippen LogP contribution in [0.5, 0.6) is 5.75 Å². The topological polar surface area (TPSA) is 325 Å². The van der Waals surface area contributed by atoms with Gasteiger partial charge in [-0.2, -0.15) is 5.10 Å². The third-order valence-electron chi connectivity index (χ3n) is 15.8. The number of rotatable bonds is 17. The molecule has 0 atom stereocenters. The van der Waals surface area contributed by atoms with Crippen LogP contribution < -0.4 is 37.6 Å². The van der Waals surface area contributed by atoms with Crippen molar-refractivity contribution in [1.82, 2.24) is 25.6 Å². The minimum absolute atomic E-state index is 0.0432. The van der Waals surface area contributed by atoms with Gasteiger partial charge in [-0.15, -0.1) is 81.2 Å². The molecule has 8 heterocycles. The number of fused-ring (bicyclic) bond motifs is 1. The van der Waals surface area contributed by atoms with Gasteiger partial charge in [-0.25, -0.2) is 28.5 Å². The van der Waals surface area contributed by atoms with E-state index in [0.717, 1.165) is 50.4 Å². The summed E-state index contributed by atoms with van der Waals surface area (Å²) in [5.41, 5.74) is 18.9. The number of ketones is 1. The van der Waals surface area contributed by atoms with Crippen molar-refractivity contribution in [2.45, 2.75) is 218 Å². The number of pyridine rings is 1. The maximum atomic E-state index is 12.9. The third-order valence-corrected chi connectivity index (χ3v) is 22.7. The van der Waals surface area contributed by atoms with E-state index in [1.807, 2.05) is 179 Å². The first-order valence-electron chi connectivity index (χ1n) is 40.7. The van der Waals surface area contributed by atoms with Gasteiger partial charge in [-0.05, 0) is 296 Å². The molecule has 130 heavy (non-hydrogen) atoms. The molecule has 23 nitrogen and oxygen atoms in total. The second-order valence-corrected chi connectivity index (χ2v) is 41.6. The van der Waals surface area contributed by atoms with Crippen LogP contribution in [0.4, 0.5) is 37.1 Å². The van der Waals surface area contributed by atoms with Crippen molar-refractivity contribution in [3.05, 3.63) is 266 Å². The molecule has 1 radical (unpaired) electrons. The average molecular weight is 1980 g/mol. The number of aryl methyl sites for hydroxylation is 6. The van der Waals surface area contributed by atoms with Crippen molar-refractivity contribution in [2.24, 2.45) is 15.8 Å². The summed E-state index contributed by atoms with van der Waals surface area (Å²) in [5.74, 6) is -0.209. The van der Waals surface area contributed by atoms with E-state index < -0.39 is 53.8 Å². The van der Waals surface area contributed by atoms with Crippen LogP contribution in [0.25, 0.3) is 36.8 Å². The Morgan fingerprint density at radius 1 is 0.485 bits per heavy atom. The maximum absolute atomic E-state index is 12.9. The van der Waals surface area contributed by atoms with Crippen molar-refractivity contribution >= 4 is 159 Å². The van der Waals surface area contributed by atoms with Gasteiger partial charge in [0.1, 0.15) is 33.8 Å². The standard InChI is InChI=1S/C23H19F3N2O2S.C17H21NO2S.C12H13NS.C10H14BrNO2S.C10H15NO2S.C10H18O5.C7H9BO2.C5H7NS.BHNS/c1-14-11-12-28-19(13-14)22(15(2)27-28)20(29)9-7-18-8-10-21(31-18)16-3-5-17(6-4-16)30-23(24,25)26;1-12-5-7-13(8-6-12)15-10-9-14(21-15)11-18-16(19)20-17(2,3)4;1-9-2-4-10(5-3-9)12-7-6-11(8-13)14-12;1-10(2,3)14-9(13)12-6-7-4-5-8(11)15-7;1-10(2,3)13-9(12)11-7-8-5-4-6-14-8;1-9(2,3)14-7(11)13-8(12)15-10(4,5)6;1-6-2-4-7(5-3-6)8(9)10;6-4-5-2-1-3-7-5;1-2-3/h3-6,8,10-13H,7,9H2,1-2H3;5-10H,11H2,1-4H3,(H,18,19);2-7H,8,13H2,1H3;4-5H,6H2,1-3H3,(H,12,13);4-6H,7H2,1-3H3,(H,11,12);1-6H3;2-5,9-10H,1H3;1-3H,4,6H2;3H. The number of ether oxygens (including phenoxy) is 7. The Balaban J connectivity index is 0.000000320. The van der Waals surface area contributed by atoms with Gasteiger partial charge in [0, 0.05) is 69.6 Å². The quantitative estimate of drug-likeness (QED) is 0.0105. The van der Waals surface area contributed by atoms with Crippen molar-refractivity contribution in [2.75, 3.05) is 0 Å². The van der Waals surface area contributed by atoms with Crippen LogP contribution in [-0.2, 0) is 67.6 Å². The number of benzene rings is 4. The molecule has 699 valence electrons. The van der Waals surface area contributed by atoms with Gasteiger partial charge >= 0.3 is 68.8 Å². The van der Waals surface area contributed by atoms with Crippen molar-refractivity contribution < 1.29 is 85.1 Å². The summed E-state index contributed by atoms with van der Waals surface area (Å²) in [6.45, 7) is 39.4. The van der Waals surface area contributed by atoms with E-state index in [1.54, 1.807) is 127 Å².